The molecule has 1 aromatic heterocycles. The molecule has 2 fully saturated rings. The maximum absolute atomic E-state index is 15.1. The molecule has 3 N–H and O–H groups in total. The van der Waals surface area contributed by atoms with Gasteiger partial charge in [0.05, 0.1) is 23.6 Å². The Hall–Kier alpha value is -4.31. The van der Waals surface area contributed by atoms with Crippen LogP contribution in [-0.2, 0) is 28.7 Å². The van der Waals surface area contributed by atoms with E-state index in [9.17, 15) is 18.8 Å². The number of nitrogens with two attached hydrogens (primary N) is 1. The number of amides is 2. The first-order valence-electron chi connectivity index (χ1n) is 13.7. The number of hydrogen-bond acceptors (Lipinski definition) is 4. The third-order valence-electron chi connectivity index (χ3n) is 8.29. The highest BCUT2D eigenvalue weighted by atomic mass is 19.1. The summed E-state index contributed by atoms with van der Waals surface area (Å²) < 4.78 is 32.6. The van der Waals surface area contributed by atoms with Crippen LogP contribution in [-0.4, -0.2) is 44.6 Å². The molecule has 1 saturated carbocycles. The quantitative estimate of drug-likeness (QED) is 0.363. The molecule has 1 aliphatic heterocycles. The van der Waals surface area contributed by atoms with Crippen molar-refractivity contribution in [2.45, 2.75) is 49.6 Å². The van der Waals surface area contributed by atoms with Gasteiger partial charge in [0, 0.05) is 24.6 Å². The minimum atomic E-state index is -1.40. The largest absolute Gasteiger partial charge is 0.343 e. The van der Waals surface area contributed by atoms with Gasteiger partial charge in [-0.1, -0.05) is 54.6 Å². The monoisotopic (exact) mass is 559 g/mol. The van der Waals surface area contributed by atoms with E-state index in [1.807, 2.05) is 30.3 Å². The minimum Gasteiger partial charge on any atom is -0.343 e. The molecular formula is C31H31F2N5O3. The van der Waals surface area contributed by atoms with E-state index in [0.717, 1.165) is 0 Å². The van der Waals surface area contributed by atoms with Crippen LogP contribution in [0.15, 0.2) is 77.6 Å². The Labute approximate surface area is 235 Å². The zero-order chi connectivity index (χ0) is 28.9. The molecule has 2 aliphatic rings. The summed E-state index contributed by atoms with van der Waals surface area (Å²) in [5.41, 5.74) is 8.08. The number of likely N-dealkylation sites (tertiary alicyclic amines) is 1. The maximum Gasteiger partial charge on any atom is 0.329 e. The Kier molecular flexibility index (Phi) is 6.73. The Morgan fingerprint density at radius 2 is 1.71 bits per heavy atom. The Bertz CT molecular complexity index is 1700. The molecule has 212 valence electrons. The smallest absolute Gasteiger partial charge is 0.329 e. The molecule has 10 heteroatoms. The van der Waals surface area contributed by atoms with Crippen molar-refractivity contribution in [1.82, 2.24) is 19.4 Å². The number of aromatic nitrogens is 2. The summed E-state index contributed by atoms with van der Waals surface area (Å²) in [5, 5.41) is 2.94. The normalized spacial score (nSPS) is 20.2. The SMILES string of the molecule is Cn1c(=O)n(CC(=O)N2C[C@H](F)C[C@H]2C(=O)N[C@@H](c2ccccc2)c2ccc(C3(N)CC3)c(F)c2)c2ccccc21. The summed E-state index contributed by atoms with van der Waals surface area (Å²) in [6.07, 6.45) is -0.150. The second kappa shape index (κ2) is 10.3. The molecule has 2 heterocycles. The Morgan fingerprint density at radius 1 is 1.02 bits per heavy atom. The van der Waals surface area contributed by atoms with Crippen LogP contribution in [0.1, 0.15) is 42.0 Å². The highest BCUT2D eigenvalue weighted by Gasteiger charge is 2.43. The number of halogens is 2. The number of nitrogens with zero attached hydrogens (tertiary/aromatic N) is 3. The van der Waals surface area contributed by atoms with Crippen LogP contribution >= 0.6 is 0 Å². The zero-order valence-electron chi connectivity index (χ0n) is 22.6. The summed E-state index contributed by atoms with van der Waals surface area (Å²) >= 11 is 0. The lowest BCUT2D eigenvalue weighted by Gasteiger charge is -2.27. The molecule has 41 heavy (non-hydrogen) atoms. The van der Waals surface area contributed by atoms with E-state index in [4.69, 9.17) is 5.73 Å². The van der Waals surface area contributed by atoms with Crippen LogP contribution in [0.2, 0.25) is 0 Å². The number of rotatable bonds is 7. The van der Waals surface area contributed by atoms with Gasteiger partial charge in [-0.3, -0.25) is 18.7 Å². The summed E-state index contributed by atoms with van der Waals surface area (Å²) in [4.78, 5) is 41.2. The molecule has 6 rings (SSSR count). The van der Waals surface area contributed by atoms with Gasteiger partial charge in [0.2, 0.25) is 11.8 Å². The Morgan fingerprint density at radius 3 is 2.39 bits per heavy atom. The maximum atomic E-state index is 15.1. The molecule has 0 bridgehead atoms. The number of nitrogens with one attached hydrogen (secondary N) is 1. The van der Waals surface area contributed by atoms with E-state index < -0.39 is 41.4 Å². The standard InChI is InChI=1S/C31H31F2N5O3/c1-36-24-9-5-6-10-25(24)38(30(36)41)18-27(39)37-17-21(32)16-26(37)29(40)35-28(19-7-3-2-4-8-19)20-11-12-22(23(33)15-20)31(34)13-14-31/h2-12,15,21,26,28H,13-14,16-18,34H2,1H3,(H,35,40)/t21-,26+,28+/m1/s1. The minimum absolute atomic E-state index is 0.174. The third kappa shape index (κ3) is 4.93. The lowest BCUT2D eigenvalue weighted by Crippen LogP contribution is -2.48. The number of aryl methyl sites for hydroxylation is 1. The second-order valence-electron chi connectivity index (χ2n) is 11.1. The number of fused-ring (bicyclic) bond motifs is 1. The fraction of sp³-hybridized carbons (Fsp3) is 0.323. The molecule has 0 spiro atoms. The van der Waals surface area contributed by atoms with Crippen LogP contribution in [0, 0.1) is 5.82 Å². The molecule has 1 aliphatic carbocycles. The van der Waals surface area contributed by atoms with Crippen LogP contribution < -0.4 is 16.7 Å². The van der Waals surface area contributed by atoms with Crippen LogP contribution in [0.25, 0.3) is 11.0 Å². The van der Waals surface area contributed by atoms with Gasteiger partial charge in [-0.05, 0) is 42.2 Å². The van der Waals surface area contributed by atoms with Gasteiger partial charge in [0.25, 0.3) is 0 Å². The van der Waals surface area contributed by atoms with E-state index in [1.165, 1.54) is 20.1 Å². The van der Waals surface area contributed by atoms with Crippen molar-refractivity contribution in [3.63, 3.8) is 0 Å². The van der Waals surface area contributed by atoms with Gasteiger partial charge in [-0.25, -0.2) is 13.6 Å². The number of alkyl halides is 1. The van der Waals surface area contributed by atoms with Crippen LogP contribution in [0.4, 0.5) is 8.78 Å². The van der Waals surface area contributed by atoms with Crippen molar-refractivity contribution < 1.29 is 18.4 Å². The number of benzene rings is 3. The summed E-state index contributed by atoms with van der Waals surface area (Å²) in [6.45, 7) is -0.583. The first kappa shape index (κ1) is 26.9. The van der Waals surface area contributed by atoms with E-state index >= 15 is 4.39 Å². The first-order valence-corrected chi connectivity index (χ1v) is 13.7. The molecule has 2 amide bonds. The van der Waals surface area contributed by atoms with Crippen molar-refractivity contribution in [3.05, 3.63) is 106 Å². The van der Waals surface area contributed by atoms with Crippen molar-refractivity contribution in [3.8, 4) is 0 Å². The fourth-order valence-electron chi connectivity index (χ4n) is 5.81. The molecule has 1 saturated heterocycles. The van der Waals surface area contributed by atoms with Crippen molar-refractivity contribution in [1.29, 1.82) is 0 Å². The molecule has 8 nitrogen and oxygen atoms in total. The summed E-state index contributed by atoms with van der Waals surface area (Å²) in [7, 11) is 1.62. The number of imidazole rings is 1. The number of hydrogen-bond donors (Lipinski definition) is 2. The lowest BCUT2D eigenvalue weighted by atomic mass is 9.95. The molecule has 0 unspecified atom stereocenters. The predicted molar refractivity (Wildman–Crippen MR) is 150 cm³/mol. The van der Waals surface area contributed by atoms with E-state index in [-0.39, 0.29) is 25.2 Å². The van der Waals surface area contributed by atoms with Crippen molar-refractivity contribution in [2.75, 3.05) is 6.54 Å². The van der Waals surface area contributed by atoms with Gasteiger partial charge in [0.15, 0.2) is 0 Å². The molecule has 4 aromatic rings. The molecule has 0 radical (unpaired) electrons. The molecule has 3 atom stereocenters. The first-order chi connectivity index (χ1) is 19.7. The fourth-order valence-corrected chi connectivity index (χ4v) is 5.81. The predicted octanol–water partition coefficient (Wildman–Crippen LogP) is 3.27. The number of carbonyl (C=O) groups is 2. The van der Waals surface area contributed by atoms with Gasteiger partial charge < -0.3 is 16.0 Å². The summed E-state index contributed by atoms with van der Waals surface area (Å²) in [5.74, 6) is -1.53. The third-order valence-corrected chi connectivity index (χ3v) is 8.29. The second-order valence-corrected chi connectivity index (χ2v) is 11.1. The number of para-hydroxylation sites is 2. The number of carbonyl (C=O) groups excluding carboxylic acids is 2. The Balaban J connectivity index is 1.27. The zero-order valence-corrected chi connectivity index (χ0v) is 22.6. The van der Waals surface area contributed by atoms with Gasteiger partial charge >= 0.3 is 5.69 Å². The highest BCUT2D eigenvalue weighted by Crippen LogP contribution is 2.44. The van der Waals surface area contributed by atoms with Gasteiger partial charge in [-0.15, -0.1) is 0 Å². The van der Waals surface area contributed by atoms with Crippen LogP contribution in [0.5, 0.6) is 0 Å². The summed E-state index contributed by atoms with van der Waals surface area (Å²) in [6, 6.07) is 19.1. The average Bonchev–Trinajstić information content (AvgIpc) is 3.52. The van der Waals surface area contributed by atoms with Gasteiger partial charge in [-0.2, -0.15) is 0 Å². The molecule has 3 aromatic carbocycles. The van der Waals surface area contributed by atoms with Crippen molar-refractivity contribution in [2.24, 2.45) is 12.8 Å². The van der Waals surface area contributed by atoms with Crippen LogP contribution in [0.3, 0.4) is 0 Å². The lowest BCUT2D eigenvalue weighted by molar-refractivity contribution is -0.139. The highest BCUT2D eigenvalue weighted by molar-refractivity contribution is 5.89. The molecular weight excluding hydrogens is 528 g/mol. The van der Waals surface area contributed by atoms with Gasteiger partial charge in [0.1, 0.15) is 24.6 Å². The topological polar surface area (TPSA) is 102 Å². The van der Waals surface area contributed by atoms with E-state index in [0.29, 0.717) is 40.6 Å². The average molecular weight is 560 g/mol. The van der Waals surface area contributed by atoms with Crippen molar-refractivity contribution >= 4 is 22.8 Å². The van der Waals surface area contributed by atoms with E-state index in [1.54, 1.807) is 43.4 Å². The van der Waals surface area contributed by atoms with E-state index in [2.05, 4.69) is 5.32 Å².